The van der Waals surface area contributed by atoms with Crippen LogP contribution in [0.15, 0.2) is 42.5 Å². The number of nitrogens with zero attached hydrogens (tertiary/aromatic N) is 2. The molecule has 2 aromatic rings. The summed E-state index contributed by atoms with van der Waals surface area (Å²) in [6.45, 7) is 0.0241. The van der Waals surface area contributed by atoms with Crippen molar-refractivity contribution in [2.75, 3.05) is 0 Å². The molecule has 0 heterocycles. The van der Waals surface area contributed by atoms with Crippen LogP contribution in [-0.4, -0.2) is 21.8 Å². The minimum atomic E-state index is -0.704. The summed E-state index contributed by atoms with van der Waals surface area (Å²) >= 11 is 0. The number of halogens is 2. The fourth-order valence-electron chi connectivity index (χ4n) is 2.74. The third-order valence-electron chi connectivity index (χ3n) is 4.19. The molecule has 25 heavy (non-hydrogen) atoms. The Morgan fingerprint density at radius 2 is 1.88 bits per heavy atom. The van der Waals surface area contributed by atoms with Crippen molar-refractivity contribution in [3.05, 3.63) is 75.3 Å². The van der Waals surface area contributed by atoms with Gasteiger partial charge < -0.3 is 4.90 Å². The number of hydrogen-bond donors (Lipinski definition) is 0. The Morgan fingerprint density at radius 3 is 2.52 bits per heavy atom. The topological polar surface area (TPSA) is 63.4 Å². The number of rotatable bonds is 6. The second-order valence-corrected chi connectivity index (χ2v) is 6.05. The van der Waals surface area contributed by atoms with Gasteiger partial charge in [0, 0.05) is 35.8 Å². The van der Waals surface area contributed by atoms with E-state index in [1.165, 1.54) is 17.0 Å². The average Bonchev–Trinajstić information content (AvgIpc) is 3.39. The first-order chi connectivity index (χ1) is 12.0. The van der Waals surface area contributed by atoms with Crippen LogP contribution in [0.5, 0.6) is 0 Å². The number of amides is 1. The van der Waals surface area contributed by atoms with Gasteiger partial charge in [-0.15, -0.1) is 0 Å². The fourth-order valence-corrected chi connectivity index (χ4v) is 2.74. The molecule has 0 aromatic heterocycles. The van der Waals surface area contributed by atoms with E-state index in [1.807, 2.05) is 0 Å². The summed E-state index contributed by atoms with van der Waals surface area (Å²) in [6.07, 6.45) is 1.49. The summed E-state index contributed by atoms with van der Waals surface area (Å²) in [5, 5.41) is 11.1. The Labute approximate surface area is 143 Å². The van der Waals surface area contributed by atoms with E-state index in [1.54, 1.807) is 18.2 Å². The fraction of sp³-hybridized carbons (Fsp3) is 0.278. The zero-order chi connectivity index (χ0) is 18.0. The van der Waals surface area contributed by atoms with Crippen molar-refractivity contribution < 1.29 is 18.5 Å². The van der Waals surface area contributed by atoms with E-state index >= 15 is 0 Å². The van der Waals surface area contributed by atoms with Crippen LogP contribution in [-0.2, 0) is 17.8 Å². The average molecular weight is 346 g/mol. The van der Waals surface area contributed by atoms with E-state index in [0.717, 1.165) is 25.0 Å². The molecule has 1 aliphatic carbocycles. The number of para-hydroxylation sites is 1. The summed E-state index contributed by atoms with van der Waals surface area (Å²) in [5.74, 6) is -1.69. The molecule has 0 bridgehead atoms. The first-order valence-corrected chi connectivity index (χ1v) is 7.91. The highest BCUT2D eigenvalue weighted by Gasteiger charge is 2.33. The summed E-state index contributed by atoms with van der Waals surface area (Å²) in [7, 11) is 0. The van der Waals surface area contributed by atoms with Gasteiger partial charge in [-0.1, -0.05) is 24.3 Å². The number of nitro groups is 1. The number of carbonyl (C=O) groups is 1. The molecule has 0 saturated heterocycles. The number of nitro benzene ring substituents is 1. The maximum absolute atomic E-state index is 13.9. The van der Waals surface area contributed by atoms with Crippen LogP contribution < -0.4 is 0 Å². The molecule has 1 amide bonds. The molecule has 1 aliphatic rings. The third-order valence-corrected chi connectivity index (χ3v) is 4.19. The Kier molecular flexibility index (Phi) is 4.74. The van der Waals surface area contributed by atoms with E-state index in [-0.39, 0.29) is 36.2 Å². The molecule has 1 fully saturated rings. The van der Waals surface area contributed by atoms with Crippen molar-refractivity contribution in [1.29, 1.82) is 0 Å². The van der Waals surface area contributed by atoms with Crippen molar-refractivity contribution in [3.63, 3.8) is 0 Å². The van der Waals surface area contributed by atoms with Crippen molar-refractivity contribution in [2.45, 2.75) is 31.8 Å². The maximum Gasteiger partial charge on any atom is 0.273 e. The summed E-state index contributed by atoms with van der Waals surface area (Å²) in [5.41, 5.74) is 0.437. The van der Waals surface area contributed by atoms with E-state index < -0.39 is 16.6 Å². The SMILES string of the molecule is O=C(Cc1ccccc1[N+](=O)[O-])N(Cc1ccc(F)cc1F)C1CC1. The lowest BCUT2D eigenvalue weighted by atomic mass is 10.1. The summed E-state index contributed by atoms with van der Waals surface area (Å²) in [6, 6.07) is 9.32. The zero-order valence-corrected chi connectivity index (χ0v) is 13.3. The molecular formula is C18H16F2N2O3. The van der Waals surface area contributed by atoms with Crippen molar-refractivity contribution >= 4 is 11.6 Å². The first-order valence-electron chi connectivity index (χ1n) is 7.91. The van der Waals surface area contributed by atoms with E-state index in [4.69, 9.17) is 0 Å². The first kappa shape index (κ1) is 17.0. The maximum atomic E-state index is 13.9. The lowest BCUT2D eigenvalue weighted by Crippen LogP contribution is -2.34. The molecule has 0 unspecified atom stereocenters. The van der Waals surface area contributed by atoms with Gasteiger partial charge in [-0.05, 0) is 18.9 Å². The minimum Gasteiger partial charge on any atom is -0.335 e. The van der Waals surface area contributed by atoms with Crippen LogP contribution in [0.2, 0.25) is 0 Å². The largest absolute Gasteiger partial charge is 0.335 e. The van der Waals surface area contributed by atoms with Gasteiger partial charge >= 0.3 is 0 Å². The zero-order valence-electron chi connectivity index (χ0n) is 13.3. The van der Waals surface area contributed by atoms with Crippen LogP contribution in [0.4, 0.5) is 14.5 Å². The van der Waals surface area contributed by atoms with Crippen LogP contribution in [0.3, 0.4) is 0 Å². The highest BCUT2D eigenvalue weighted by Crippen LogP contribution is 2.30. The van der Waals surface area contributed by atoms with Gasteiger partial charge in [0.05, 0.1) is 11.3 Å². The molecule has 0 aliphatic heterocycles. The second kappa shape index (κ2) is 6.96. The normalized spacial score (nSPS) is 13.5. The molecule has 130 valence electrons. The Bertz CT molecular complexity index is 822. The van der Waals surface area contributed by atoms with Gasteiger partial charge in [0.15, 0.2) is 0 Å². The van der Waals surface area contributed by atoms with Gasteiger partial charge in [-0.25, -0.2) is 8.78 Å². The monoisotopic (exact) mass is 346 g/mol. The summed E-state index contributed by atoms with van der Waals surface area (Å²) in [4.78, 5) is 24.7. The van der Waals surface area contributed by atoms with E-state index in [0.29, 0.717) is 5.56 Å². The second-order valence-electron chi connectivity index (χ2n) is 6.05. The lowest BCUT2D eigenvalue weighted by Gasteiger charge is -2.23. The predicted molar refractivity (Wildman–Crippen MR) is 86.7 cm³/mol. The smallest absolute Gasteiger partial charge is 0.273 e. The van der Waals surface area contributed by atoms with Gasteiger partial charge in [0.1, 0.15) is 11.6 Å². The molecule has 0 radical (unpaired) electrons. The number of carbonyl (C=O) groups excluding carboxylic acids is 1. The quantitative estimate of drug-likeness (QED) is 0.593. The molecule has 1 saturated carbocycles. The van der Waals surface area contributed by atoms with Crippen LogP contribution in [0.25, 0.3) is 0 Å². The number of benzene rings is 2. The molecule has 3 rings (SSSR count). The van der Waals surface area contributed by atoms with Crippen LogP contribution >= 0.6 is 0 Å². The third kappa shape index (κ3) is 3.99. The molecule has 7 heteroatoms. The van der Waals surface area contributed by atoms with Gasteiger partial charge in [-0.3, -0.25) is 14.9 Å². The number of hydrogen-bond acceptors (Lipinski definition) is 3. The van der Waals surface area contributed by atoms with Crippen molar-refractivity contribution in [3.8, 4) is 0 Å². The van der Waals surface area contributed by atoms with Crippen molar-refractivity contribution in [1.82, 2.24) is 4.90 Å². The standard InChI is InChI=1S/C18H16F2N2O3/c19-14-6-5-13(16(20)10-14)11-21(15-7-8-15)18(23)9-12-3-1-2-4-17(12)22(24)25/h1-6,10,15H,7-9,11H2. The molecule has 0 N–H and O–H groups in total. The Morgan fingerprint density at radius 1 is 1.16 bits per heavy atom. The molecule has 0 spiro atoms. The molecular weight excluding hydrogens is 330 g/mol. The van der Waals surface area contributed by atoms with Crippen LogP contribution in [0.1, 0.15) is 24.0 Å². The Hall–Kier alpha value is -2.83. The highest BCUT2D eigenvalue weighted by molar-refractivity contribution is 5.80. The Balaban J connectivity index is 1.79. The molecule has 0 atom stereocenters. The molecule has 5 nitrogen and oxygen atoms in total. The van der Waals surface area contributed by atoms with Gasteiger partial charge in [0.25, 0.3) is 5.69 Å². The van der Waals surface area contributed by atoms with Crippen molar-refractivity contribution in [2.24, 2.45) is 0 Å². The highest BCUT2D eigenvalue weighted by atomic mass is 19.1. The van der Waals surface area contributed by atoms with Gasteiger partial charge in [-0.2, -0.15) is 0 Å². The lowest BCUT2D eigenvalue weighted by molar-refractivity contribution is -0.385. The van der Waals surface area contributed by atoms with Gasteiger partial charge in [0.2, 0.25) is 5.91 Å². The minimum absolute atomic E-state index is 0.000258. The van der Waals surface area contributed by atoms with E-state index in [2.05, 4.69) is 0 Å². The summed E-state index contributed by atoms with van der Waals surface area (Å²) < 4.78 is 26.9. The van der Waals surface area contributed by atoms with Crippen LogP contribution in [0, 0.1) is 21.7 Å². The molecule has 2 aromatic carbocycles. The van der Waals surface area contributed by atoms with E-state index in [9.17, 15) is 23.7 Å². The predicted octanol–water partition coefficient (Wildman–Crippen LogP) is 3.61.